The number of nitrogens with one attached hydrogen (secondary N) is 1. The predicted octanol–water partition coefficient (Wildman–Crippen LogP) is 4.78. The van der Waals surface area contributed by atoms with E-state index in [1.165, 1.54) is 23.5 Å². The van der Waals surface area contributed by atoms with Gasteiger partial charge in [-0.2, -0.15) is 0 Å². The van der Waals surface area contributed by atoms with Gasteiger partial charge >= 0.3 is 0 Å². The summed E-state index contributed by atoms with van der Waals surface area (Å²) in [6, 6.07) is 13.6. The number of rotatable bonds is 6. The van der Waals surface area contributed by atoms with Crippen LogP contribution in [0.2, 0.25) is 0 Å². The first-order valence-electron chi connectivity index (χ1n) is 8.87. The molecule has 0 aliphatic rings. The van der Waals surface area contributed by atoms with Crippen LogP contribution in [-0.4, -0.2) is 21.9 Å². The van der Waals surface area contributed by atoms with E-state index in [0.717, 1.165) is 21.9 Å². The molecule has 0 bridgehead atoms. The van der Waals surface area contributed by atoms with Crippen LogP contribution in [0, 0.1) is 5.82 Å². The topological polar surface area (TPSA) is 55.6 Å². The van der Waals surface area contributed by atoms with Gasteiger partial charge < -0.3 is 10.1 Å². The summed E-state index contributed by atoms with van der Waals surface area (Å²) >= 11 is 1.47. The Balaban J connectivity index is 1.53. The summed E-state index contributed by atoms with van der Waals surface area (Å²) in [5, 5.41) is 4.83. The maximum absolute atomic E-state index is 13.1. The molecular weight excluding hydrogens is 377 g/mol. The number of thiazole rings is 1. The second-order valence-electron chi connectivity index (χ2n) is 6.17. The van der Waals surface area contributed by atoms with Gasteiger partial charge in [0.15, 0.2) is 4.96 Å². The van der Waals surface area contributed by atoms with Gasteiger partial charge in [-0.15, -0.1) is 11.3 Å². The third-order valence-corrected chi connectivity index (χ3v) is 5.11. The van der Waals surface area contributed by atoms with Crippen molar-refractivity contribution in [1.82, 2.24) is 9.38 Å². The second-order valence-corrected chi connectivity index (χ2v) is 7.00. The van der Waals surface area contributed by atoms with Crippen molar-refractivity contribution < 1.29 is 13.9 Å². The Morgan fingerprint density at radius 1 is 1.21 bits per heavy atom. The van der Waals surface area contributed by atoms with Crippen molar-refractivity contribution in [3.05, 3.63) is 71.6 Å². The van der Waals surface area contributed by atoms with Crippen LogP contribution < -0.4 is 10.1 Å². The van der Waals surface area contributed by atoms with E-state index in [4.69, 9.17) is 4.74 Å². The van der Waals surface area contributed by atoms with Crippen molar-refractivity contribution in [2.24, 2.45) is 0 Å². The summed E-state index contributed by atoms with van der Waals surface area (Å²) in [6.07, 6.45) is 2.08. The Morgan fingerprint density at radius 2 is 2.00 bits per heavy atom. The number of carbonyl (C=O) groups is 1. The number of anilines is 1. The molecule has 0 radical (unpaired) electrons. The van der Waals surface area contributed by atoms with Gasteiger partial charge in [-0.05, 0) is 43.3 Å². The van der Waals surface area contributed by atoms with E-state index in [0.29, 0.717) is 18.0 Å². The molecule has 0 fully saturated rings. The summed E-state index contributed by atoms with van der Waals surface area (Å²) < 4.78 is 20.6. The van der Waals surface area contributed by atoms with E-state index >= 15 is 0 Å². The summed E-state index contributed by atoms with van der Waals surface area (Å²) in [7, 11) is 0. The Morgan fingerprint density at radius 3 is 2.79 bits per heavy atom. The molecule has 2 heterocycles. The molecule has 0 unspecified atom stereocenters. The van der Waals surface area contributed by atoms with E-state index in [2.05, 4.69) is 10.3 Å². The first-order valence-corrected chi connectivity index (χ1v) is 9.75. The maximum atomic E-state index is 13.1. The number of fused-ring (bicyclic) bond motifs is 1. The highest BCUT2D eigenvalue weighted by molar-refractivity contribution is 7.15. The van der Waals surface area contributed by atoms with Gasteiger partial charge in [0.2, 0.25) is 5.91 Å². The number of amides is 1. The molecular formula is C21H18FN3O2S. The number of benzene rings is 2. The first-order chi connectivity index (χ1) is 13.6. The molecule has 7 heteroatoms. The number of hydrogen-bond donors (Lipinski definition) is 1. The van der Waals surface area contributed by atoms with Crippen LogP contribution in [0.3, 0.4) is 0 Å². The fourth-order valence-corrected chi connectivity index (χ4v) is 3.80. The molecule has 0 saturated carbocycles. The highest BCUT2D eigenvalue weighted by Gasteiger charge is 2.14. The molecule has 142 valence electrons. The van der Waals surface area contributed by atoms with Gasteiger partial charge in [-0.3, -0.25) is 9.20 Å². The lowest BCUT2D eigenvalue weighted by Gasteiger charge is -2.11. The van der Waals surface area contributed by atoms with Crippen LogP contribution in [0.5, 0.6) is 5.75 Å². The Kier molecular flexibility index (Phi) is 5.08. The Labute approximate surface area is 165 Å². The van der Waals surface area contributed by atoms with Crippen molar-refractivity contribution in [3.8, 4) is 17.0 Å². The number of carbonyl (C=O) groups excluding carboxylic acids is 1. The minimum Gasteiger partial charge on any atom is -0.492 e. The lowest BCUT2D eigenvalue weighted by Crippen LogP contribution is -2.16. The molecule has 4 aromatic rings. The SMILES string of the molecule is CCOc1ccccc1NC(=O)Cc1csc2nc(-c3ccc(F)cc3)cn12. The highest BCUT2D eigenvalue weighted by atomic mass is 32.1. The first kappa shape index (κ1) is 18.2. The summed E-state index contributed by atoms with van der Waals surface area (Å²) in [5.41, 5.74) is 3.07. The van der Waals surface area contributed by atoms with Crippen molar-refractivity contribution in [2.75, 3.05) is 11.9 Å². The van der Waals surface area contributed by atoms with Crippen LogP contribution >= 0.6 is 11.3 Å². The quantitative estimate of drug-likeness (QED) is 0.511. The molecule has 2 aromatic carbocycles. The normalized spacial score (nSPS) is 10.9. The van der Waals surface area contributed by atoms with E-state index in [-0.39, 0.29) is 18.1 Å². The number of ether oxygens (including phenoxy) is 1. The summed E-state index contributed by atoms with van der Waals surface area (Å²) in [4.78, 5) is 17.9. The van der Waals surface area contributed by atoms with Crippen molar-refractivity contribution in [1.29, 1.82) is 0 Å². The average Bonchev–Trinajstić information content (AvgIpc) is 3.26. The summed E-state index contributed by atoms with van der Waals surface area (Å²) in [6.45, 7) is 2.43. The number of aromatic nitrogens is 2. The molecule has 1 amide bonds. The van der Waals surface area contributed by atoms with Crippen LogP contribution in [0.4, 0.5) is 10.1 Å². The monoisotopic (exact) mass is 395 g/mol. The molecule has 1 N–H and O–H groups in total. The maximum Gasteiger partial charge on any atom is 0.230 e. The third-order valence-electron chi connectivity index (χ3n) is 4.23. The Bertz CT molecular complexity index is 1120. The zero-order chi connectivity index (χ0) is 19.5. The van der Waals surface area contributed by atoms with Gasteiger partial charge in [0.25, 0.3) is 0 Å². The third kappa shape index (κ3) is 3.75. The standard InChI is InChI=1S/C21H18FN3O2S/c1-2-27-19-6-4-3-5-17(19)23-20(26)11-16-13-28-21-24-18(12-25(16)21)14-7-9-15(22)10-8-14/h3-10,12-13H,2,11H2,1H3,(H,23,26). The van der Waals surface area contributed by atoms with Gasteiger partial charge in [0.1, 0.15) is 11.6 Å². The predicted molar refractivity (Wildman–Crippen MR) is 108 cm³/mol. The average molecular weight is 395 g/mol. The fourth-order valence-electron chi connectivity index (χ4n) is 2.93. The van der Waals surface area contributed by atoms with Crippen molar-refractivity contribution in [2.45, 2.75) is 13.3 Å². The van der Waals surface area contributed by atoms with E-state index in [1.54, 1.807) is 12.1 Å². The van der Waals surface area contributed by atoms with Crippen molar-refractivity contribution in [3.63, 3.8) is 0 Å². The van der Waals surface area contributed by atoms with Crippen LogP contribution in [-0.2, 0) is 11.2 Å². The zero-order valence-electron chi connectivity index (χ0n) is 15.2. The lowest BCUT2D eigenvalue weighted by atomic mass is 10.2. The zero-order valence-corrected chi connectivity index (χ0v) is 16.0. The van der Waals surface area contributed by atoms with Gasteiger partial charge in [-0.1, -0.05) is 12.1 Å². The summed E-state index contributed by atoms with van der Waals surface area (Å²) in [5.74, 6) is 0.230. The van der Waals surface area contributed by atoms with Gasteiger partial charge in [0, 0.05) is 22.8 Å². The Hall–Kier alpha value is -3.19. The highest BCUT2D eigenvalue weighted by Crippen LogP contribution is 2.26. The molecule has 0 aliphatic carbocycles. The number of nitrogens with zero attached hydrogens (tertiary/aromatic N) is 2. The second kappa shape index (κ2) is 7.82. The molecule has 0 aliphatic heterocycles. The largest absolute Gasteiger partial charge is 0.492 e. The lowest BCUT2D eigenvalue weighted by molar-refractivity contribution is -0.115. The van der Waals surface area contributed by atoms with Crippen LogP contribution in [0.1, 0.15) is 12.6 Å². The molecule has 0 spiro atoms. The number of para-hydroxylation sites is 2. The molecule has 28 heavy (non-hydrogen) atoms. The molecule has 4 rings (SSSR count). The minimum absolute atomic E-state index is 0.135. The van der Waals surface area contributed by atoms with Gasteiger partial charge in [-0.25, -0.2) is 9.37 Å². The van der Waals surface area contributed by atoms with Crippen LogP contribution in [0.25, 0.3) is 16.2 Å². The molecule has 2 aromatic heterocycles. The molecule has 0 saturated heterocycles. The number of hydrogen-bond acceptors (Lipinski definition) is 4. The van der Waals surface area contributed by atoms with E-state index < -0.39 is 0 Å². The molecule has 0 atom stereocenters. The fraction of sp³-hybridized carbons (Fsp3) is 0.143. The van der Waals surface area contributed by atoms with Gasteiger partial charge in [0.05, 0.1) is 24.4 Å². The van der Waals surface area contributed by atoms with E-state index in [1.807, 2.05) is 47.2 Å². The van der Waals surface area contributed by atoms with Crippen LogP contribution in [0.15, 0.2) is 60.1 Å². The number of halogens is 1. The number of imidazole rings is 1. The molecule has 5 nitrogen and oxygen atoms in total. The smallest absolute Gasteiger partial charge is 0.230 e. The minimum atomic E-state index is -0.283. The van der Waals surface area contributed by atoms with E-state index in [9.17, 15) is 9.18 Å². The van der Waals surface area contributed by atoms with Crippen molar-refractivity contribution >= 4 is 27.9 Å².